The highest BCUT2D eigenvalue weighted by molar-refractivity contribution is 5.79. The molecule has 0 aromatic heterocycles. The van der Waals surface area contributed by atoms with Crippen molar-refractivity contribution in [3.63, 3.8) is 0 Å². The van der Waals surface area contributed by atoms with E-state index >= 15 is 0 Å². The van der Waals surface area contributed by atoms with Gasteiger partial charge in [0.2, 0.25) is 0 Å². The smallest absolute Gasteiger partial charge is 0.329 e. The Morgan fingerprint density at radius 3 is 2.86 bits per heavy atom. The average molecular weight is 196 g/mol. The van der Waals surface area contributed by atoms with Crippen LogP contribution >= 0.6 is 0 Å². The SMILES string of the molecule is O=C(O)/C=C/NC1CCN(C2CC2)C1. The van der Waals surface area contributed by atoms with E-state index in [0.717, 1.165) is 31.6 Å². The molecule has 1 aliphatic carbocycles. The first-order chi connectivity index (χ1) is 6.75. The lowest BCUT2D eigenvalue weighted by molar-refractivity contribution is -0.131. The van der Waals surface area contributed by atoms with E-state index in [9.17, 15) is 4.79 Å². The fraction of sp³-hybridized carbons (Fsp3) is 0.700. The molecule has 0 radical (unpaired) electrons. The third-order valence-corrected chi connectivity index (χ3v) is 2.84. The van der Waals surface area contributed by atoms with Crippen molar-refractivity contribution < 1.29 is 9.90 Å². The summed E-state index contributed by atoms with van der Waals surface area (Å²) in [6.07, 6.45) is 6.51. The third-order valence-electron chi connectivity index (χ3n) is 2.84. The Balaban J connectivity index is 1.70. The second kappa shape index (κ2) is 4.00. The monoisotopic (exact) mass is 196 g/mol. The molecular weight excluding hydrogens is 180 g/mol. The molecule has 0 amide bonds. The molecule has 4 heteroatoms. The van der Waals surface area contributed by atoms with Gasteiger partial charge in [0, 0.05) is 37.4 Å². The summed E-state index contributed by atoms with van der Waals surface area (Å²) in [4.78, 5) is 12.7. The van der Waals surface area contributed by atoms with Gasteiger partial charge in [-0.25, -0.2) is 4.79 Å². The fourth-order valence-electron chi connectivity index (χ4n) is 1.95. The second-order valence-electron chi connectivity index (χ2n) is 4.05. The minimum absolute atomic E-state index is 0.436. The number of aliphatic carboxylic acids is 1. The number of nitrogens with one attached hydrogen (secondary N) is 1. The van der Waals surface area contributed by atoms with Crippen LogP contribution in [-0.4, -0.2) is 41.1 Å². The maximum absolute atomic E-state index is 10.2. The summed E-state index contributed by atoms with van der Waals surface area (Å²) >= 11 is 0. The van der Waals surface area contributed by atoms with E-state index in [0.29, 0.717) is 6.04 Å². The molecule has 1 heterocycles. The Morgan fingerprint density at radius 2 is 2.21 bits per heavy atom. The molecule has 4 nitrogen and oxygen atoms in total. The standard InChI is InChI=1S/C10H16N2O2/c13-10(14)3-5-11-8-4-6-12(7-8)9-1-2-9/h3,5,8-9,11H,1-2,4,6-7H2,(H,13,14)/b5-3+. The number of rotatable bonds is 4. The van der Waals surface area contributed by atoms with Crippen molar-refractivity contribution >= 4 is 5.97 Å². The van der Waals surface area contributed by atoms with Gasteiger partial charge in [-0.15, -0.1) is 0 Å². The molecule has 1 saturated carbocycles. The van der Waals surface area contributed by atoms with Gasteiger partial charge < -0.3 is 10.4 Å². The van der Waals surface area contributed by atoms with Crippen LogP contribution in [0.5, 0.6) is 0 Å². The summed E-state index contributed by atoms with van der Waals surface area (Å²) in [5.74, 6) is -0.894. The molecule has 78 valence electrons. The van der Waals surface area contributed by atoms with Gasteiger partial charge in [0.25, 0.3) is 0 Å². The van der Waals surface area contributed by atoms with Crippen molar-refractivity contribution in [2.24, 2.45) is 0 Å². The normalized spacial score (nSPS) is 28.4. The van der Waals surface area contributed by atoms with Crippen LogP contribution in [0.4, 0.5) is 0 Å². The zero-order chi connectivity index (χ0) is 9.97. The second-order valence-corrected chi connectivity index (χ2v) is 4.05. The third kappa shape index (κ3) is 2.48. The lowest BCUT2D eigenvalue weighted by Gasteiger charge is -2.14. The highest BCUT2D eigenvalue weighted by Crippen LogP contribution is 2.29. The number of carboxylic acid groups (broad SMARTS) is 1. The zero-order valence-electron chi connectivity index (χ0n) is 8.15. The lowest BCUT2D eigenvalue weighted by Crippen LogP contribution is -2.30. The number of likely N-dealkylation sites (tertiary alicyclic amines) is 1. The Morgan fingerprint density at radius 1 is 1.43 bits per heavy atom. The summed E-state index contributed by atoms with van der Waals surface area (Å²) in [7, 11) is 0. The Hall–Kier alpha value is -1.03. The zero-order valence-corrected chi connectivity index (χ0v) is 8.15. The van der Waals surface area contributed by atoms with Crippen molar-refractivity contribution in [2.45, 2.75) is 31.3 Å². The maximum atomic E-state index is 10.2. The Bertz CT molecular complexity index is 249. The van der Waals surface area contributed by atoms with Crippen LogP contribution in [-0.2, 0) is 4.79 Å². The van der Waals surface area contributed by atoms with Crippen molar-refractivity contribution in [3.8, 4) is 0 Å². The van der Waals surface area contributed by atoms with Crippen LogP contribution in [0.3, 0.4) is 0 Å². The molecular formula is C10H16N2O2. The van der Waals surface area contributed by atoms with E-state index in [1.807, 2.05) is 0 Å². The van der Waals surface area contributed by atoms with Gasteiger partial charge in [-0.3, -0.25) is 4.90 Å². The minimum Gasteiger partial charge on any atom is -0.478 e. The van der Waals surface area contributed by atoms with Gasteiger partial charge in [-0.1, -0.05) is 0 Å². The van der Waals surface area contributed by atoms with E-state index < -0.39 is 5.97 Å². The van der Waals surface area contributed by atoms with Gasteiger partial charge in [0.1, 0.15) is 0 Å². The molecule has 0 spiro atoms. The number of nitrogens with zero attached hydrogens (tertiary/aromatic N) is 1. The first-order valence-electron chi connectivity index (χ1n) is 5.15. The van der Waals surface area contributed by atoms with Crippen molar-refractivity contribution in [1.82, 2.24) is 10.2 Å². The van der Waals surface area contributed by atoms with Crippen LogP contribution in [0, 0.1) is 0 Å². The number of carboxylic acids is 1. The molecule has 1 atom stereocenters. The molecule has 0 bridgehead atoms. The van der Waals surface area contributed by atoms with Crippen LogP contribution in [0.25, 0.3) is 0 Å². The van der Waals surface area contributed by atoms with E-state index in [1.54, 1.807) is 6.20 Å². The van der Waals surface area contributed by atoms with Crippen molar-refractivity contribution in [2.75, 3.05) is 13.1 Å². The summed E-state index contributed by atoms with van der Waals surface area (Å²) in [6, 6.07) is 1.26. The van der Waals surface area contributed by atoms with Crippen LogP contribution in [0.2, 0.25) is 0 Å². The summed E-state index contributed by atoms with van der Waals surface area (Å²) in [6.45, 7) is 2.22. The maximum Gasteiger partial charge on any atom is 0.329 e. The topological polar surface area (TPSA) is 52.6 Å². The van der Waals surface area contributed by atoms with E-state index in [4.69, 9.17) is 5.11 Å². The van der Waals surface area contributed by atoms with Gasteiger partial charge in [0.15, 0.2) is 0 Å². The average Bonchev–Trinajstić information content (AvgIpc) is 2.87. The van der Waals surface area contributed by atoms with E-state index in [-0.39, 0.29) is 0 Å². The van der Waals surface area contributed by atoms with Crippen molar-refractivity contribution in [1.29, 1.82) is 0 Å². The molecule has 2 aliphatic rings. The number of hydrogen-bond acceptors (Lipinski definition) is 3. The van der Waals surface area contributed by atoms with E-state index in [2.05, 4.69) is 10.2 Å². The molecule has 14 heavy (non-hydrogen) atoms. The molecule has 2 N–H and O–H groups in total. The van der Waals surface area contributed by atoms with Gasteiger partial charge >= 0.3 is 5.97 Å². The van der Waals surface area contributed by atoms with E-state index in [1.165, 1.54) is 12.8 Å². The molecule has 0 aromatic carbocycles. The first kappa shape index (κ1) is 9.52. The van der Waals surface area contributed by atoms with Gasteiger partial charge in [-0.05, 0) is 19.3 Å². The largest absolute Gasteiger partial charge is 0.478 e. The quantitative estimate of drug-likeness (QED) is 0.639. The number of carbonyl (C=O) groups is 1. The molecule has 2 rings (SSSR count). The molecule has 0 aromatic rings. The van der Waals surface area contributed by atoms with Gasteiger partial charge in [-0.2, -0.15) is 0 Å². The predicted molar refractivity (Wildman–Crippen MR) is 52.9 cm³/mol. The molecule has 1 unspecified atom stereocenters. The predicted octanol–water partition coefficient (Wildman–Crippen LogP) is 0.411. The highest BCUT2D eigenvalue weighted by Gasteiger charge is 2.33. The Kier molecular flexibility index (Phi) is 2.72. The first-order valence-corrected chi connectivity index (χ1v) is 5.15. The number of hydrogen-bond donors (Lipinski definition) is 2. The summed E-state index contributed by atoms with van der Waals surface area (Å²) in [5.41, 5.74) is 0. The highest BCUT2D eigenvalue weighted by atomic mass is 16.4. The Labute approximate surface area is 83.6 Å². The summed E-state index contributed by atoms with van der Waals surface area (Å²) in [5, 5.41) is 11.5. The summed E-state index contributed by atoms with van der Waals surface area (Å²) < 4.78 is 0. The van der Waals surface area contributed by atoms with Crippen LogP contribution in [0.15, 0.2) is 12.3 Å². The van der Waals surface area contributed by atoms with Crippen molar-refractivity contribution in [3.05, 3.63) is 12.3 Å². The minimum atomic E-state index is -0.894. The molecule has 1 aliphatic heterocycles. The molecule has 1 saturated heterocycles. The molecule has 2 fully saturated rings. The van der Waals surface area contributed by atoms with Crippen LogP contribution < -0.4 is 5.32 Å². The van der Waals surface area contributed by atoms with Crippen LogP contribution in [0.1, 0.15) is 19.3 Å². The fourth-order valence-corrected chi connectivity index (χ4v) is 1.95. The van der Waals surface area contributed by atoms with Gasteiger partial charge in [0.05, 0.1) is 0 Å². The lowest BCUT2D eigenvalue weighted by atomic mass is 10.3.